The van der Waals surface area contributed by atoms with Gasteiger partial charge in [-0.25, -0.2) is 4.98 Å². The fourth-order valence-electron chi connectivity index (χ4n) is 2.66. The van der Waals surface area contributed by atoms with Crippen LogP contribution >= 0.6 is 0 Å². The Hall–Kier alpha value is -2.33. The van der Waals surface area contributed by atoms with E-state index in [-0.39, 0.29) is 0 Å². The fourth-order valence-corrected chi connectivity index (χ4v) is 2.66. The van der Waals surface area contributed by atoms with E-state index in [0.29, 0.717) is 19.6 Å². The van der Waals surface area contributed by atoms with Crippen molar-refractivity contribution in [3.63, 3.8) is 0 Å². The Morgan fingerprint density at radius 1 is 1.04 bits per heavy atom. The van der Waals surface area contributed by atoms with Crippen LogP contribution < -0.4 is 4.74 Å². The second-order valence-electron chi connectivity index (χ2n) is 6.33. The normalized spacial score (nSPS) is 11.8. The molecule has 23 heavy (non-hydrogen) atoms. The molecule has 120 valence electrons. The Morgan fingerprint density at radius 2 is 1.74 bits per heavy atom. The SMILES string of the molecule is CC(C)(O)Cn1c(CCOc2ccccc2)nc2ccccc21. The lowest BCUT2D eigenvalue weighted by Crippen LogP contribution is -2.27. The Bertz CT molecular complexity index is 773. The lowest BCUT2D eigenvalue weighted by atomic mass is 10.1. The third-order valence-electron chi connectivity index (χ3n) is 3.62. The molecule has 0 radical (unpaired) electrons. The highest BCUT2D eigenvalue weighted by molar-refractivity contribution is 5.75. The van der Waals surface area contributed by atoms with Gasteiger partial charge < -0.3 is 14.4 Å². The summed E-state index contributed by atoms with van der Waals surface area (Å²) in [5.74, 6) is 1.79. The molecule has 0 atom stereocenters. The number of nitrogens with zero attached hydrogens (tertiary/aromatic N) is 2. The van der Waals surface area contributed by atoms with Crippen molar-refractivity contribution < 1.29 is 9.84 Å². The van der Waals surface area contributed by atoms with Crippen LogP contribution in [0.2, 0.25) is 0 Å². The second kappa shape index (κ2) is 6.42. The highest BCUT2D eigenvalue weighted by Gasteiger charge is 2.18. The molecule has 0 aliphatic carbocycles. The lowest BCUT2D eigenvalue weighted by Gasteiger charge is -2.20. The molecular formula is C19H22N2O2. The van der Waals surface area contributed by atoms with Gasteiger partial charge in [-0.1, -0.05) is 30.3 Å². The molecule has 1 aromatic heterocycles. The predicted octanol–water partition coefficient (Wildman–Crippen LogP) is 3.43. The Kier molecular flexibility index (Phi) is 4.35. The first-order valence-electron chi connectivity index (χ1n) is 7.87. The van der Waals surface area contributed by atoms with Crippen molar-refractivity contribution in [2.75, 3.05) is 6.61 Å². The molecule has 0 bridgehead atoms. The lowest BCUT2D eigenvalue weighted by molar-refractivity contribution is 0.0616. The van der Waals surface area contributed by atoms with Gasteiger partial charge in [-0.3, -0.25) is 0 Å². The maximum absolute atomic E-state index is 10.2. The monoisotopic (exact) mass is 310 g/mol. The maximum Gasteiger partial charge on any atom is 0.119 e. The number of para-hydroxylation sites is 3. The summed E-state index contributed by atoms with van der Waals surface area (Å²) < 4.78 is 7.86. The van der Waals surface area contributed by atoms with Gasteiger partial charge >= 0.3 is 0 Å². The molecule has 3 rings (SSSR count). The number of benzene rings is 2. The van der Waals surface area contributed by atoms with Crippen LogP contribution in [0.25, 0.3) is 11.0 Å². The van der Waals surface area contributed by atoms with Crippen molar-refractivity contribution >= 4 is 11.0 Å². The summed E-state index contributed by atoms with van der Waals surface area (Å²) in [5.41, 5.74) is 1.20. The second-order valence-corrected chi connectivity index (χ2v) is 6.33. The molecule has 1 N–H and O–H groups in total. The number of imidazole rings is 1. The summed E-state index contributed by atoms with van der Waals surface area (Å²) in [5, 5.41) is 10.2. The molecule has 2 aromatic carbocycles. The van der Waals surface area contributed by atoms with E-state index in [4.69, 9.17) is 9.72 Å². The molecule has 0 spiro atoms. The van der Waals surface area contributed by atoms with Gasteiger partial charge in [0.25, 0.3) is 0 Å². The van der Waals surface area contributed by atoms with E-state index in [0.717, 1.165) is 22.6 Å². The van der Waals surface area contributed by atoms with Crippen LogP contribution in [0.5, 0.6) is 5.75 Å². The zero-order valence-corrected chi connectivity index (χ0v) is 13.6. The molecular weight excluding hydrogens is 288 g/mol. The molecule has 4 heteroatoms. The molecule has 1 heterocycles. The van der Waals surface area contributed by atoms with Gasteiger partial charge in [-0.2, -0.15) is 0 Å². The molecule has 4 nitrogen and oxygen atoms in total. The van der Waals surface area contributed by atoms with Gasteiger partial charge in [-0.15, -0.1) is 0 Å². The van der Waals surface area contributed by atoms with E-state index >= 15 is 0 Å². The van der Waals surface area contributed by atoms with Crippen molar-refractivity contribution in [3.8, 4) is 5.75 Å². The number of aliphatic hydroxyl groups is 1. The van der Waals surface area contributed by atoms with Crippen LogP contribution in [0.3, 0.4) is 0 Å². The Labute approximate surface area is 136 Å². The third kappa shape index (κ3) is 3.90. The molecule has 0 amide bonds. The molecule has 0 aliphatic rings. The Balaban J connectivity index is 1.80. The molecule has 0 fully saturated rings. The van der Waals surface area contributed by atoms with Gasteiger partial charge in [0.15, 0.2) is 0 Å². The number of rotatable bonds is 6. The van der Waals surface area contributed by atoms with E-state index in [2.05, 4.69) is 4.57 Å². The Morgan fingerprint density at radius 3 is 2.48 bits per heavy atom. The fraction of sp³-hybridized carbons (Fsp3) is 0.316. The average molecular weight is 310 g/mol. The van der Waals surface area contributed by atoms with Gasteiger partial charge in [-0.05, 0) is 38.1 Å². The van der Waals surface area contributed by atoms with E-state index in [1.165, 1.54) is 0 Å². The van der Waals surface area contributed by atoms with E-state index in [1.807, 2.05) is 68.4 Å². The number of fused-ring (bicyclic) bond motifs is 1. The van der Waals surface area contributed by atoms with E-state index in [1.54, 1.807) is 0 Å². The molecule has 0 saturated heterocycles. The van der Waals surface area contributed by atoms with Crippen molar-refractivity contribution in [3.05, 3.63) is 60.4 Å². The van der Waals surface area contributed by atoms with Crippen molar-refractivity contribution in [2.45, 2.75) is 32.4 Å². The zero-order chi connectivity index (χ0) is 16.3. The van der Waals surface area contributed by atoms with Crippen LogP contribution in [-0.4, -0.2) is 26.9 Å². The minimum atomic E-state index is -0.793. The van der Waals surface area contributed by atoms with Crippen molar-refractivity contribution in [2.24, 2.45) is 0 Å². The highest BCUT2D eigenvalue weighted by Crippen LogP contribution is 2.20. The van der Waals surface area contributed by atoms with Crippen molar-refractivity contribution in [1.82, 2.24) is 9.55 Å². The minimum Gasteiger partial charge on any atom is -0.493 e. The van der Waals surface area contributed by atoms with Gasteiger partial charge in [0, 0.05) is 6.42 Å². The smallest absolute Gasteiger partial charge is 0.119 e. The third-order valence-corrected chi connectivity index (χ3v) is 3.62. The van der Waals surface area contributed by atoms with Gasteiger partial charge in [0.2, 0.25) is 0 Å². The van der Waals surface area contributed by atoms with Crippen LogP contribution in [0, 0.1) is 0 Å². The number of ether oxygens (including phenoxy) is 1. The molecule has 0 saturated carbocycles. The summed E-state index contributed by atoms with van der Waals surface area (Å²) in [4.78, 5) is 4.70. The maximum atomic E-state index is 10.2. The van der Waals surface area contributed by atoms with E-state index in [9.17, 15) is 5.11 Å². The van der Waals surface area contributed by atoms with Crippen LogP contribution in [-0.2, 0) is 13.0 Å². The molecule has 3 aromatic rings. The van der Waals surface area contributed by atoms with Gasteiger partial charge in [0.05, 0.1) is 29.8 Å². The summed E-state index contributed by atoms with van der Waals surface area (Å²) in [6.07, 6.45) is 0.694. The predicted molar refractivity (Wildman–Crippen MR) is 91.7 cm³/mol. The summed E-state index contributed by atoms with van der Waals surface area (Å²) in [6.45, 7) is 4.69. The van der Waals surface area contributed by atoms with E-state index < -0.39 is 5.60 Å². The standard InChI is InChI=1S/C19H22N2O2/c1-19(2,22)14-21-17-11-7-6-10-16(17)20-18(21)12-13-23-15-8-4-3-5-9-15/h3-11,22H,12-14H2,1-2H3. The van der Waals surface area contributed by atoms with Crippen molar-refractivity contribution in [1.29, 1.82) is 0 Å². The first kappa shape index (κ1) is 15.6. The van der Waals surface area contributed by atoms with Gasteiger partial charge in [0.1, 0.15) is 11.6 Å². The minimum absolute atomic E-state index is 0.508. The first-order chi connectivity index (χ1) is 11.0. The van der Waals surface area contributed by atoms with Crippen LogP contribution in [0.15, 0.2) is 54.6 Å². The highest BCUT2D eigenvalue weighted by atomic mass is 16.5. The first-order valence-corrected chi connectivity index (χ1v) is 7.87. The number of hydrogen-bond donors (Lipinski definition) is 1. The molecule has 0 aliphatic heterocycles. The summed E-state index contributed by atoms with van der Waals surface area (Å²) in [6, 6.07) is 17.8. The quantitative estimate of drug-likeness (QED) is 0.759. The summed E-state index contributed by atoms with van der Waals surface area (Å²) in [7, 11) is 0. The topological polar surface area (TPSA) is 47.3 Å². The molecule has 0 unspecified atom stereocenters. The van der Waals surface area contributed by atoms with Crippen LogP contribution in [0.4, 0.5) is 0 Å². The van der Waals surface area contributed by atoms with Crippen LogP contribution in [0.1, 0.15) is 19.7 Å². The zero-order valence-electron chi connectivity index (χ0n) is 13.6. The largest absolute Gasteiger partial charge is 0.493 e. The summed E-state index contributed by atoms with van der Waals surface area (Å²) >= 11 is 0. The number of hydrogen-bond acceptors (Lipinski definition) is 3. The average Bonchev–Trinajstić information content (AvgIpc) is 2.85. The number of aromatic nitrogens is 2.